The quantitative estimate of drug-likeness (QED) is 0.722. The van der Waals surface area contributed by atoms with Gasteiger partial charge in [-0.15, -0.1) is 0 Å². The molecule has 0 spiro atoms. The molecule has 4 nitrogen and oxygen atoms in total. The van der Waals surface area contributed by atoms with Crippen LogP contribution in [0.2, 0.25) is 0 Å². The minimum absolute atomic E-state index is 0.00951. The first-order valence-corrected chi connectivity index (χ1v) is 11.2. The Bertz CT molecular complexity index is 571. The van der Waals surface area contributed by atoms with Crippen LogP contribution in [0.15, 0.2) is 0 Å². The van der Waals surface area contributed by atoms with E-state index < -0.39 is 17.0 Å². The predicted octanol–water partition coefficient (Wildman–Crippen LogP) is 3.98. The summed E-state index contributed by atoms with van der Waals surface area (Å²) in [7, 11) is 0. The molecule has 1 heterocycles. The summed E-state index contributed by atoms with van der Waals surface area (Å²) in [5.41, 5.74) is -2.13. The van der Waals surface area contributed by atoms with Crippen molar-refractivity contribution in [1.29, 1.82) is 0 Å². The summed E-state index contributed by atoms with van der Waals surface area (Å²) in [5, 5.41) is 23.9. The molecule has 0 amide bonds. The standard InChI is InChI=1S/C23H40O4/c1-13(2)16-8-7-14(3)17-9-10-22(6,24)23(25)18(16)11-15-12-26-21(4,5)27-20(15)19(17)23/h13-20,24-25H,7-12H2,1-6H3/t14-,15+,16-,17+,18+,19+,20-,22-,23+/m1/s1. The van der Waals surface area contributed by atoms with Crippen molar-refractivity contribution in [2.45, 2.75) is 96.7 Å². The SMILES string of the molecule is CC(C)[C@H]1CC[C@@H](C)[C@@H]2CC[C@@](C)(O)[C@@]3(O)[C@@H]2[C@@H]2OC(C)(C)OC[C@@H]2C[C@@H]13. The van der Waals surface area contributed by atoms with E-state index in [0.29, 0.717) is 42.6 Å². The van der Waals surface area contributed by atoms with E-state index in [-0.39, 0.29) is 17.9 Å². The van der Waals surface area contributed by atoms with Crippen LogP contribution >= 0.6 is 0 Å². The second-order valence-corrected chi connectivity index (χ2v) is 11.2. The highest BCUT2D eigenvalue weighted by molar-refractivity contribution is 5.18. The lowest BCUT2D eigenvalue weighted by Gasteiger charge is -2.67. The van der Waals surface area contributed by atoms with Gasteiger partial charge in [0.1, 0.15) is 5.60 Å². The normalized spacial score (nSPS) is 54.8. The molecule has 9 atom stereocenters. The maximum absolute atomic E-state index is 12.4. The highest BCUT2D eigenvalue weighted by atomic mass is 16.7. The zero-order valence-electron chi connectivity index (χ0n) is 18.1. The van der Waals surface area contributed by atoms with E-state index in [1.807, 2.05) is 20.8 Å². The van der Waals surface area contributed by atoms with Crippen molar-refractivity contribution < 1.29 is 19.7 Å². The first-order valence-electron chi connectivity index (χ1n) is 11.2. The van der Waals surface area contributed by atoms with Gasteiger partial charge in [-0.05, 0) is 76.0 Å². The number of hydrogen-bond acceptors (Lipinski definition) is 4. The zero-order chi connectivity index (χ0) is 19.8. The fourth-order valence-electron chi connectivity index (χ4n) is 7.40. The summed E-state index contributed by atoms with van der Waals surface area (Å²) in [4.78, 5) is 0. The van der Waals surface area contributed by atoms with Gasteiger partial charge in [0.05, 0.1) is 18.3 Å². The van der Waals surface area contributed by atoms with E-state index in [9.17, 15) is 10.2 Å². The van der Waals surface area contributed by atoms with E-state index in [4.69, 9.17) is 9.47 Å². The highest BCUT2D eigenvalue weighted by Crippen LogP contribution is 2.63. The fraction of sp³-hybridized carbons (Fsp3) is 1.00. The van der Waals surface area contributed by atoms with Gasteiger partial charge >= 0.3 is 0 Å². The minimum Gasteiger partial charge on any atom is -0.387 e. The molecule has 1 aliphatic heterocycles. The van der Waals surface area contributed by atoms with Crippen molar-refractivity contribution >= 4 is 0 Å². The Morgan fingerprint density at radius 2 is 1.74 bits per heavy atom. The van der Waals surface area contributed by atoms with Crippen LogP contribution in [0.4, 0.5) is 0 Å². The van der Waals surface area contributed by atoms with Crippen LogP contribution < -0.4 is 0 Å². The van der Waals surface area contributed by atoms with E-state index in [2.05, 4.69) is 20.8 Å². The summed E-state index contributed by atoms with van der Waals surface area (Å²) in [6.45, 7) is 13.5. The number of aliphatic hydroxyl groups is 2. The Kier molecular flexibility index (Phi) is 4.78. The maximum Gasteiger partial charge on any atom is 0.163 e. The topological polar surface area (TPSA) is 58.9 Å². The largest absolute Gasteiger partial charge is 0.387 e. The Morgan fingerprint density at radius 3 is 2.41 bits per heavy atom. The van der Waals surface area contributed by atoms with Crippen LogP contribution in [0.25, 0.3) is 0 Å². The summed E-state index contributed by atoms with van der Waals surface area (Å²) in [5.74, 6) is 1.69. The zero-order valence-corrected chi connectivity index (χ0v) is 18.1. The molecule has 4 fully saturated rings. The molecule has 0 unspecified atom stereocenters. The van der Waals surface area contributed by atoms with Crippen LogP contribution in [0.1, 0.15) is 73.6 Å². The van der Waals surface area contributed by atoms with Gasteiger partial charge in [-0.1, -0.05) is 27.2 Å². The number of rotatable bonds is 1. The van der Waals surface area contributed by atoms with Crippen LogP contribution in [0.3, 0.4) is 0 Å². The molecule has 4 aliphatic rings. The number of ether oxygens (including phenoxy) is 2. The van der Waals surface area contributed by atoms with Gasteiger partial charge in [0, 0.05) is 11.8 Å². The van der Waals surface area contributed by atoms with Gasteiger partial charge in [0.25, 0.3) is 0 Å². The lowest BCUT2D eigenvalue weighted by molar-refractivity contribution is -0.367. The summed E-state index contributed by atoms with van der Waals surface area (Å²) in [6.07, 6.45) is 4.90. The van der Waals surface area contributed by atoms with Crippen LogP contribution in [-0.4, -0.2) is 39.9 Å². The average molecular weight is 381 g/mol. The number of fused-ring (bicyclic) bond motifs is 1. The highest BCUT2D eigenvalue weighted by Gasteiger charge is 2.69. The van der Waals surface area contributed by atoms with Gasteiger partial charge in [-0.3, -0.25) is 0 Å². The molecule has 2 N–H and O–H groups in total. The second kappa shape index (κ2) is 6.42. The van der Waals surface area contributed by atoms with Crippen LogP contribution in [-0.2, 0) is 9.47 Å². The van der Waals surface area contributed by atoms with E-state index in [1.54, 1.807) is 0 Å². The molecule has 1 saturated heterocycles. The molecule has 0 aromatic heterocycles. The third-order valence-electron chi connectivity index (χ3n) is 8.86. The molecule has 0 radical (unpaired) electrons. The van der Waals surface area contributed by atoms with Crippen molar-refractivity contribution in [3.63, 3.8) is 0 Å². The van der Waals surface area contributed by atoms with Gasteiger partial charge in [0.2, 0.25) is 0 Å². The summed E-state index contributed by atoms with van der Waals surface area (Å²) >= 11 is 0. The molecular weight excluding hydrogens is 340 g/mol. The monoisotopic (exact) mass is 380 g/mol. The first-order chi connectivity index (χ1) is 12.5. The van der Waals surface area contributed by atoms with E-state index in [0.717, 1.165) is 19.3 Å². The minimum atomic E-state index is -1.08. The smallest absolute Gasteiger partial charge is 0.163 e. The number of hydrogen-bond donors (Lipinski definition) is 2. The fourth-order valence-corrected chi connectivity index (χ4v) is 7.40. The Labute approximate surface area is 165 Å². The average Bonchev–Trinajstić information content (AvgIpc) is 2.55. The molecule has 4 rings (SSSR count). The molecule has 3 saturated carbocycles. The van der Waals surface area contributed by atoms with Gasteiger partial charge < -0.3 is 19.7 Å². The van der Waals surface area contributed by atoms with Crippen molar-refractivity contribution in [3.05, 3.63) is 0 Å². The maximum atomic E-state index is 12.4. The third-order valence-corrected chi connectivity index (χ3v) is 8.86. The molecule has 4 bridgehead atoms. The molecule has 0 aromatic carbocycles. The molecule has 27 heavy (non-hydrogen) atoms. The Hall–Kier alpha value is -0.160. The summed E-state index contributed by atoms with van der Waals surface area (Å²) in [6, 6.07) is 0. The lowest BCUT2D eigenvalue weighted by Crippen LogP contribution is -2.75. The Morgan fingerprint density at radius 1 is 1.04 bits per heavy atom. The van der Waals surface area contributed by atoms with Crippen molar-refractivity contribution in [2.24, 2.45) is 41.4 Å². The second-order valence-electron chi connectivity index (χ2n) is 11.2. The van der Waals surface area contributed by atoms with Crippen LogP contribution in [0.5, 0.6) is 0 Å². The molecule has 3 aliphatic carbocycles. The molecule has 4 heteroatoms. The molecule has 156 valence electrons. The molecular formula is C23H40O4. The van der Waals surface area contributed by atoms with E-state index in [1.165, 1.54) is 6.42 Å². The summed E-state index contributed by atoms with van der Waals surface area (Å²) < 4.78 is 12.5. The van der Waals surface area contributed by atoms with Crippen molar-refractivity contribution in [2.75, 3.05) is 6.61 Å². The predicted molar refractivity (Wildman–Crippen MR) is 105 cm³/mol. The third kappa shape index (κ3) is 2.93. The van der Waals surface area contributed by atoms with E-state index >= 15 is 0 Å². The van der Waals surface area contributed by atoms with Crippen LogP contribution in [0, 0.1) is 41.4 Å². The van der Waals surface area contributed by atoms with Gasteiger partial charge in [-0.2, -0.15) is 0 Å². The van der Waals surface area contributed by atoms with Gasteiger partial charge in [-0.25, -0.2) is 0 Å². The van der Waals surface area contributed by atoms with Gasteiger partial charge in [0.15, 0.2) is 5.79 Å². The first kappa shape index (κ1) is 20.1. The Balaban J connectivity index is 1.85. The van der Waals surface area contributed by atoms with Crippen molar-refractivity contribution in [3.8, 4) is 0 Å². The van der Waals surface area contributed by atoms with Crippen molar-refractivity contribution in [1.82, 2.24) is 0 Å². The molecule has 0 aromatic rings. The lowest BCUT2D eigenvalue weighted by atomic mass is 9.44.